The van der Waals surface area contributed by atoms with E-state index in [2.05, 4.69) is 9.97 Å². The Balaban J connectivity index is 2.60. The summed E-state index contributed by atoms with van der Waals surface area (Å²) in [4.78, 5) is 9.15. The highest BCUT2D eigenvalue weighted by Crippen LogP contribution is 2.22. The van der Waals surface area contributed by atoms with Gasteiger partial charge < -0.3 is 10.8 Å². The van der Waals surface area contributed by atoms with Gasteiger partial charge in [-0.2, -0.15) is 0 Å². The van der Waals surface area contributed by atoms with Crippen molar-refractivity contribution in [1.82, 2.24) is 9.97 Å². The van der Waals surface area contributed by atoms with Crippen LogP contribution >= 0.6 is 11.3 Å². The van der Waals surface area contributed by atoms with Crippen molar-refractivity contribution >= 4 is 21.7 Å². The number of aliphatic hydroxyl groups excluding tert-OH is 1. The molecule has 2 aromatic rings. The number of pyridine rings is 1. The molecule has 0 bridgehead atoms. The first kappa shape index (κ1) is 8.55. The third-order valence-electron chi connectivity index (χ3n) is 1.86. The van der Waals surface area contributed by atoms with Crippen LogP contribution in [0.15, 0.2) is 17.8 Å². The first-order valence-corrected chi connectivity index (χ1v) is 4.75. The standard InChI is InChI=1S/C8H9N3OS/c9-6(3-12)5-1-2-10-8-7(5)11-4-13-8/h1-2,4,6,12H,3,9H2. The number of fused-ring (bicyclic) bond motifs is 1. The first-order valence-electron chi connectivity index (χ1n) is 3.87. The molecule has 0 aromatic carbocycles. The van der Waals surface area contributed by atoms with Crippen LogP contribution in [0.3, 0.4) is 0 Å². The van der Waals surface area contributed by atoms with Gasteiger partial charge in [-0.3, -0.25) is 0 Å². The van der Waals surface area contributed by atoms with Gasteiger partial charge in [0.05, 0.1) is 18.2 Å². The zero-order valence-electron chi connectivity index (χ0n) is 6.84. The molecular formula is C8H9N3OS. The summed E-state index contributed by atoms with van der Waals surface area (Å²) in [5.74, 6) is 0. The van der Waals surface area contributed by atoms with Crippen LogP contribution in [0.25, 0.3) is 10.3 Å². The Kier molecular flexibility index (Phi) is 2.22. The molecule has 0 aliphatic heterocycles. The molecule has 2 rings (SSSR count). The average molecular weight is 195 g/mol. The van der Waals surface area contributed by atoms with Gasteiger partial charge in [0.15, 0.2) is 0 Å². The molecular weight excluding hydrogens is 186 g/mol. The lowest BCUT2D eigenvalue weighted by atomic mass is 10.1. The Morgan fingerprint density at radius 1 is 1.54 bits per heavy atom. The maximum atomic E-state index is 8.92. The van der Waals surface area contributed by atoms with E-state index in [0.717, 1.165) is 15.9 Å². The fourth-order valence-electron chi connectivity index (χ4n) is 1.19. The highest BCUT2D eigenvalue weighted by atomic mass is 32.1. The van der Waals surface area contributed by atoms with Crippen molar-refractivity contribution in [3.8, 4) is 0 Å². The average Bonchev–Trinajstić information content (AvgIpc) is 2.63. The zero-order valence-corrected chi connectivity index (χ0v) is 7.66. The smallest absolute Gasteiger partial charge is 0.143 e. The largest absolute Gasteiger partial charge is 0.394 e. The second-order valence-corrected chi connectivity index (χ2v) is 3.53. The number of nitrogens with zero attached hydrogens (tertiary/aromatic N) is 2. The van der Waals surface area contributed by atoms with Crippen LogP contribution in [0, 0.1) is 0 Å². The number of hydrogen-bond donors (Lipinski definition) is 2. The highest BCUT2D eigenvalue weighted by Gasteiger charge is 2.10. The van der Waals surface area contributed by atoms with Crippen LogP contribution < -0.4 is 5.73 Å². The van der Waals surface area contributed by atoms with Crippen LogP contribution in [0.5, 0.6) is 0 Å². The SMILES string of the molecule is NC(CO)c1ccnc2scnc12. The molecule has 2 heterocycles. The number of rotatable bonds is 2. The molecule has 68 valence electrons. The summed E-state index contributed by atoms with van der Waals surface area (Å²) >= 11 is 1.47. The van der Waals surface area contributed by atoms with E-state index in [1.54, 1.807) is 17.8 Å². The molecule has 0 aliphatic carbocycles. The summed E-state index contributed by atoms with van der Waals surface area (Å²) in [5.41, 5.74) is 9.09. The molecule has 1 unspecified atom stereocenters. The van der Waals surface area contributed by atoms with Crippen molar-refractivity contribution in [2.75, 3.05) is 6.61 Å². The number of thiazole rings is 1. The summed E-state index contributed by atoms with van der Waals surface area (Å²) < 4.78 is 0. The van der Waals surface area contributed by atoms with E-state index in [-0.39, 0.29) is 12.6 Å². The van der Waals surface area contributed by atoms with E-state index in [4.69, 9.17) is 10.8 Å². The Morgan fingerprint density at radius 3 is 3.15 bits per heavy atom. The topological polar surface area (TPSA) is 72.0 Å². The zero-order chi connectivity index (χ0) is 9.26. The third-order valence-corrected chi connectivity index (χ3v) is 2.60. The number of aromatic nitrogens is 2. The van der Waals surface area contributed by atoms with Crippen molar-refractivity contribution in [1.29, 1.82) is 0 Å². The molecule has 0 radical (unpaired) electrons. The van der Waals surface area contributed by atoms with Gasteiger partial charge in [0.2, 0.25) is 0 Å². The predicted octanol–water partition coefficient (Wildman–Crippen LogP) is 0.683. The van der Waals surface area contributed by atoms with E-state index in [1.165, 1.54) is 11.3 Å². The Bertz CT molecular complexity index is 414. The predicted molar refractivity (Wildman–Crippen MR) is 51.4 cm³/mol. The van der Waals surface area contributed by atoms with Crippen molar-refractivity contribution in [2.24, 2.45) is 5.73 Å². The molecule has 0 amide bonds. The molecule has 1 atom stereocenters. The Labute approximate surface area is 79.1 Å². The fourth-order valence-corrected chi connectivity index (χ4v) is 1.85. The van der Waals surface area contributed by atoms with Gasteiger partial charge in [-0.1, -0.05) is 0 Å². The van der Waals surface area contributed by atoms with Gasteiger partial charge in [-0.25, -0.2) is 9.97 Å². The number of hydrogen-bond acceptors (Lipinski definition) is 5. The van der Waals surface area contributed by atoms with Crippen molar-refractivity contribution in [2.45, 2.75) is 6.04 Å². The fraction of sp³-hybridized carbons (Fsp3) is 0.250. The van der Waals surface area contributed by atoms with Gasteiger partial charge in [0, 0.05) is 11.8 Å². The third kappa shape index (κ3) is 1.41. The summed E-state index contributed by atoms with van der Waals surface area (Å²) in [7, 11) is 0. The van der Waals surface area contributed by atoms with E-state index in [9.17, 15) is 0 Å². The molecule has 5 heteroatoms. The van der Waals surface area contributed by atoms with Gasteiger partial charge >= 0.3 is 0 Å². The minimum Gasteiger partial charge on any atom is -0.394 e. The lowest BCUT2D eigenvalue weighted by molar-refractivity contribution is 0.268. The van der Waals surface area contributed by atoms with Crippen LogP contribution in [0.4, 0.5) is 0 Å². The molecule has 0 saturated carbocycles. The minimum atomic E-state index is -0.368. The molecule has 2 aromatic heterocycles. The van der Waals surface area contributed by atoms with Gasteiger partial charge in [0.1, 0.15) is 10.3 Å². The van der Waals surface area contributed by atoms with Crippen LogP contribution in [0.1, 0.15) is 11.6 Å². The highest BCUT2D eigenvalue weighted by molar-refractivity contribution is 7.16. The Morgan fingerprint density at radius 2 is 2.38 bits per heavy atom. The second-order valence-electron chi connectivity index (χ2n) is 2.70. The molecule has 4 nitrogen and oxygen atoms in total. The van der Waals surface area contributed by atoms with Gasteiger partial charge in [0.25, 0.3) is 0 Å². The van der Waals surface area contributed by atoms with Crippen molar-refractivity contribution < 1.29 is 5.11 Å². The lowest BCUT2D eigenvalue weighted by Gasteiger charge is -2.07. The summed E-state index contributed by atoms with van der Waals surface area (Å²) in [6, 6.07) is 1.43. The normalized spacial score (nSPS) is 13.4. The number of nitrogens with two attached hydrogens (primary N) is 1. The van der Waals surface area contributed by atoms with Crippen molar-refractivity contribution in [3.63, 3.8) is 0 Å². The van der Waals surface area contributed by atoms with Crippen LogP contribution in [-0.4, -0.2) is 21.7 Å². The van der Waals surface area contributed by atoms with E-state index in [1.807, 2.05) is 0 Å². The summed E-state index contributed by atoms with van der Waals surface area (Å²) in [5, 5.41) is 8.92. The van der Waals surface area contributed by atoms with Crippen LogP contribution in [-0.2, 0) is 0 Å². The monoisotopic (exact) mass is 195 g/mol. The summed E-state index contributed by atoms with van der Waals surface area (Å²) in [6.07, 6.45) is 1.69. The number of aliphatic hydroxyl groups is 1. The summed E-state index contributed by atoms with van der Waals surface area (Å²) in [6.45, 7) is -0.0728. The molecule has 0 fully saturated rings. The molecule has 3 N–H and O–H groups in total. The lowest BCUT2D eigenvalue weighted by Crippen LogP contribution is -2.14. The quantitative estimate of drug-likeness (QED) is 0.739. The van der Waals surface area contributed by atoms with Gasteiger partial charge in [-0.15, -0.1) is 11.3 Å². The van der Waals surface area contributed by atoms with E-state index in [0.29, 0.717) is 0 Å². The maximum Gasteiger partial charge on any atom is 0.143 e. The molecule has 0 aliphatic rings. The van der Waals surface area contributed by atoms with Crippen LogP contribution in [0.2, 0.25) is 0 Å². The second kappa shape index (κ2) is 3.37. The van der Waals surface area contributed by atoms with Crippen molar-refractivity contribution in [3.05, 3.63) is 23.3 Å². The maximum absolute atomic E-state index is 8.92. The molecule has 0 saturated heterocycles. The molecule has 13 heavy (non-hydrogen) atoms. The van der Waals surface area contributed by atoms with Gasteiger partial charge in [-0.05, 0) is 6.07 Å². The minimum absolute atomic E-state index is 0.0728. The van der Waals surface area contributed by atoms with E-state index < -0.39 is 0 Å². The first-order chi connectivity index (χ1) is 6.33. The Hall–Kier alpha value is -1.04. The molecule has 0 spiro atoms. The van der Waals surface area contributed by atoms with E-state index >= 15 is 0 Å².